The summed E-state index contributed by atoms with van der Waals surface area (Å²) in [5, 5.41) is 6.01. The van der Waals surface area contributed by atoms with Crippen molar-refractivity contribution < 1.29 is 62.5 Å². The molecule has 9 fully saturated rings. The molecule has 0 radical (unpaired) electrons. The average molecular weight is 1180 g/mol. The standard InChI is InChI=1S/C26H34ClN5O5.C21H31ClN4O.C9H8N2O7/c27-21-4-3-20(22(17-21)29-11-7-19(8-12-29)25(35)30-9-1-2-10-30)18-28-13-15-31(16-14-28)26(36)37-32-23(33)5-6-24(32)34;22-19-4-3-18(16-24-13-7-23-8-14-24)20(15-19)25-11-5-17(6-12-25)21(27)26-9-1-2-10-26;12-5-1-2-6(13)10(5)17-9(16)18-11-7(14)3-4-8(11)15/h3-4,17,19H,1-2,5-16,18H2;3-4,15,17,23H,1-2,5-14,16H2;1-4H2. The fourth-order valence-corrected chi connectivity index (χ4v) is 12.1. The molecule has 2 aromatic carbocycles. The van der Waals surface area contributed by atoms with Gasteiger partial charge in [-0.2, -0.15) is 4.79 Å². The van der Waals surface area contributed by atoms with Crippen LogP contribution in [-0.4, -0.2) is 204 Å². The van der Waals surface area contributed by atoms with Crippen molar-refractivity contribution in [3.63, 3.8) is 0 Å². The normalized spacial score (nSPS) is 21.5. The maximum atomic E-state index is 12.8. The second-order valence-corrected chi connectivity index (χ2v) is 22.8. The van der Waals surface area contributed by atoms with Crippen LogP contribution in [-0.2, 0) is 66.0 Å². The molecule has 9 aliphatic heterocycles. The Morgan fingerprint density at radius 1 is 0.439 bits per heavy atom. The zero-order valence-electron chi connectivity index (χ0n) is 46.3. The maximum absolute atomic E-state index is 12.8. The first-order valence-corrected chi connectivity index (χ1v) is 29.6. The quantitative estimate of drug-likeness (QED) is 0.308. The number of halogens is 2. The first-order valence-electron chi connectivity index (χ1n) is 28.8. The number of amides is 9. The molecule has 0 saturated carbocycles. The molecule has 1 N–H and O–H groups in total. The van der Waals surface area contributed by atoms with Crippen LogP contribution in [0.15, 0.2) is 36.4 Å². The Morgan fingerprint density at radius 2 is 0.793 bits per heavy atom. The lowest BCUT2D eigenvalue weighted by atomic mass is 9.94. The van der Waals surface area contributed by atoms with Gasteiger partial charge in [0.1, 0.15) is 0 Å². The second-order valence-electron chi connectivity index (χ2n) is 22.0. The Morgan fingerprint density at radius 3 is 1.17 bits per heavy atom. The molecule has 444 valence electrons. The highest BCUT2D eigenvalue weighted by atomic mass is 35.5. The fraction of sp³-hybridized carbons (Fsp3) is 0.607. The van der Waals surface area contributed by atoms with Gasteiger partial charge in [0.25, 0.3) is 35.4 Å². The first kappa shape index (κ1) is 60.0. The summed E-state index contributed by atoms with van der Waals surface area (Å²) >= 11 is 12.7. The van der Waals surface area contributed by atoms with Crippen LogP contribution in [0.2, 0.25) is 10.0 Å². The van der Waals surface area contributed by atoms with Crippen LogP contribution in [0.25, 0.3) is 0 Å². The molecule has 9 heterocycles. The van der Waals surface area contributed by atoms with Crippen LogP contribution in [0.4, 0.5) is 21.0 Å². The van der Waals surface area contributed by atoms with Crippen molar-refractivity contribution in [1.82, 2.24) is 45.0 Å². The lowest BCUT2D eigenvalue weighted by Gasteiger charge is -2.37. The molecule has 11 rings (SSSR count). The molecule has 0 aliphatic carbocycles. The van der Waals surface area contributed by atoms with Crippen molar-refractivity contribution in [3.05, 3.63) is 57.6 Å². The van der Waals surface area contributed by atoms with Crippen LogP contribution in [0.3, 0.4) is 0 Å². The van der Waals surface area contributed by atoms with Gasteiger partial charge in [-0.3, -0.25) is 57.8 Å². The number of hydroxylamine groups is 6. The summed E-state index contributed by atoms with van der Waals surface area (Å²) in [5.41, 5.74) is 4.88. The van der Waals surface area contributed by atoms with E-state index in [1.54, 1.807) is 0 Å². The Labute approximate surface area is 486 Å². The van der Waals surface area contributed by atoms with Crippen molar-refractivity contribution in [3.8, 4) is 0 Å². The SMILES string of the molecule is O=C(C1CCN(c2cc(Cl)ccc2CN2CCNCC2)CC1)N1CCCC1.O=C(ON1C(=O)CCC1=O)N1CCN(Cc2ccc(Cl)cc2N2CCC(C(=O)N3CCCC3)CC2)CC1.O=C(ON1C(=O)CCC1=O)ON1C(=O)CCC1=O. The topological polar surface area (TPSA) is 243 Å². The third-order valence-electron chi connectivity index (χ3n) is 16.4. The van der Waals surface area contributed by atoms with Crippen LogP contribution >= 0.6 is 23.2 Å². The molecule has 2 aromatic rings. The van der Waals surface area contributed by atoms with Gasteiger partial charge in [-0.15, -0.1) is 5.06 Å². The zero-order valence-corrected chi connectivity index (χ0v) is 47.8. The Kier molecular flexibility index (Phi) is 20.6. The van der Waals surface area contributed by atoms with Crippen LogP contribution < -0.4 is 15.1 Å². The van der Waals surface area contributed by atoms with E-state index in [0.29, 0.717) is 54.6 Å². The molecule has 82 heavy (non-hydrogen) atoms. The number of hydrogen-bond donors (Lipinski definition) is 1. The van der Waals surface area contributed by atoms with Gasteiger partial charge < -0.3 is 34.7 Å². The smallest absolute Gasteiger partial charge is 0.371 e. The summed E-state index contributed by atoms with van der Waals surface area (Å²) in [6.45, 7) is 15.4. The van der Waals surface area contributed by atoms with Crippen LogP contribution in [0.1, 0.15) is 101 Å². The molecule has 0 atom stereocenters. The first-order chi connectivity index (χ1) is 39.6. The molecule has 0 bridgehead atoms. The number of rotatable bonds is 11. The summed E-state index contributed by atoms with van der Waals surface area (Å²) in [4.78, 5) is 146. The van der Waals surface area contributed by atoms with Crippen molar-refractivity contribution in [2.75, 3.05) is 115 Å². The van der Waals surface area contributed by atoms with Crippen molar-refractivity contribution >= 4 is 94.1 Å². The van der Waals surface area contributed by atoms with Gasteiger partial charge in [-0.1, -0.05) is 45.5 Å². The number of nitrogens with one attached hydrogen (secondary N) is 1. The highest BCUT2D eigenvalue weighted by molar-refractivity contribution is 6.31. The molecule has 9 amide bonds. The van der Waals surface area contributed by atoms with Gasteiger partial charge in [0.05, 0.1) is 0 Å². The minimum atomic E-state index is -1.48. The monoisotopic (exact) mass is 1180 g/mol. The van der Waals surface area contributed by atoms with E-state index >= 15 is 0 Å². The van der Waals surface area contributed by atoms with Gasteiger partial charge in [0.15, 0.2) is 0 Å². The lowest BCUT2D eigenvalue weighted by molar-refractivity contribution is -0.198. The summed E-state index contributed by atoms with van der Waals surface area (Å²) in [5.74, 6) is -2.67. The fourth-order valence-electron chi connectivity index (χ4n) is 11.8. The molecule has 9 saturated heterocycles. The number of nitrogens with zero attached hydrogens (tertiary/aromatic N) is 10. The van der Waals surface area contributed by atoms with Crippen molar-refractivity contribution in [2.45, 2.75) is 103 Å². The second kappa shape index (κ2) is 28.1. The molecule has 9 aliphatic rings. The van der Waals surface area contributed by atoms with Crippen molar-refractivity contribution in [1.29, 1.82) is 0 Å². The van der Waals surface area contributed by atoms with E-state index in [2.05, 4.69) is 57.7 Å². The van der Waals surface area contributed by atoms with E-state index < -0.39 is 47.7 Å². The Balaban J connectivity index is 0.000000158. The summed E-state index contributed by atoms with van der Waals surface area (Å²) in [6.07, 6.45) is 5.94. The van der Waals surface area contributed by atoms with E-state index in [0.717, 1.165) is 140 Å². The minimum Gasteiger partial charge on any atom is -0.371 e. The summed E-state index contributed by atoms with van der Waals surface area (Å²) < 4.78 is 0. The third-order valence-corrected chi connectivity index (χ3v) is 16.9. The highest BCUT2D eigenvalue weighted by Gasteiger charge is 2.39. The number of carbonyl (C=O) groups excluding carboxylic acids is 10. The molecule has 0 unspecified atom stereocenters. The number of hydrogen-bond acceptors (Lipinski definition) is 18. The number of carbonyl (C=O) groups is 10. The molecular formula is C56H73Cl2N11O13. The number of likely N-dealkylation sites (tertiary alicyclic amines) is 2. The molecule has 26 heteroatoms. The van der Waals surface area contributed by atoms with Gasteiger partial charge >= 0.3 is 12.2 Å². The third kappa shape index (κ3) is 15.3. The van der Waals surface area contributed by atoms with Gasteiger partial charge in [-0.25, -0.2) is 4.79 Å². The summed E-state index contributed by atoms with van der Waals surface area (Å²) in [7, 11) is 0. The van der Waals surface area contributed by atoms with E-state index in [4.69, 9.17) is 28.0 Å². The molecular weight excluding hydrogens is 1110 g/mol. The van der Waals surface area contributed by atoms with Gasteiger partial charge in [-0.05, 0) is 86.8 Å². The number of piperazine rings is 2. The largest absolute Gasteiger partial charge is 0.560 e. The lowest BCUT2D eigenvalue weighted by Crippen LogP contribution is -2.50. The predicted molar refractivity (Wildman–Crippen MR) is 297 cm³/mol. The van der Waals surface area contributed by atoms with Crippen LogP contribution in [0, 0.1) is 11.8 Å². The zero-order chi connectivity index (χ0) is 57.9. The van der Waals surface area contributed by atoms with Crippen molar-refractivity contribution in [2.24, 2.45) is 11.8 Å². The number of piperidine rings is 2. The average Bonchev–Trinajstić information content (AvgIpc) is 4.39. The highest BCUT2D eigenvalue weighted by Crippen LogP contribution is 2.34. The minimum absolute atomic E-state index is 0.0618. The van der Waals surface area contributed by atoms with Gasteiger partial charge in [0, 0.05) is 190 Å². The van der Waals surface area contributed by atoms with E-state index in [-0.39, 0.29) is 60.5 Å². The Bertz CT molecular complexity index is 2630. The van der Waals surface area contributed by atoms with Gasteiger partial charge in [0.2, 0.25) is 11.8 Å². The van der Waals surface area contributed by atoms with E-state index in [1.807, 2.05) is 23.1 Å². The molecule has 0 spiro atoms. The number of imide groups is 3. The molecule has 24 nitrogen and oxygen atoms in total. The number of benzene rings is 2. The van der Waals surface area contributed by atoms with E-state index in [9.17, 15) is 47.9 Å². The van der Waals surface area contributed by atoms with Crippen LogP contribution in [0.5, 0.6) is 0 Å². The number of anilines is 2. The predicted octanol–water partition coefficient (Wildman–Crippen LogP) is 4.35. The summed E-state index contributed by atoms with van der Waals surface area (Å²) in [6, 6.07) is 12.3. The Hall–Kier alpha value is -6.60. The van der Waals surface area contributed by atoms with E-state index in [1.165, 1.54) is 29.0 Å². The maximum Gasteiger partial charge on any atom is 0.560 e. The molecule has 0 aromatic heterocycles.